The summed E-state index contributed by atoms with van der Waals surface area (Å²) in [7, 11) is 0. The minimum Gasteiger partial charge on any atom is -0.310 e. The van der Waals surface area contributed by atoms with Crippen LogP contribution in [0.4, 0.5) is 0 Å². The molecule has 1 rings (SSSR count). The second-order valence-electron chi connectivity index (χ2n) is 5.27. The molecule has 0 fully saturated rings. The standard InChI is InChI=1S/C17H28ClN/c1-4-6-7-8-9-13-17(19-5-2)15-11-10-12-16(18)14(15)3/h10-12,17,19H,4-9,13H2,1-3H3. The summed E-state index contributed by atoms with van der Waals surface area (Å²) in [6.07, 6.45) is 7.88. The molecule has 0 aliphatic carbocycles. The average molecular weight is 282 g/mol. The van der Waals surface area contributed by atoms with E-state index in [9.17, 15) is 0 Å². The lowest BCUT2D eigenvalue weighted by molar-refractivity contribution is 0.477. The Morgan fingerprint density at radius 2 is 1.84 bits per heavy atom. The van der Waals surface area contributed by atoms with Gasteiger partial charge in [-0.2, -0.15) is 0 Å². The van der Waals surface area contributed by atoms with Crippen LogP contribution in [0.25, 0.3) is 0 Å². The van der Waals surface area contributed by atoms with Gasteiger partial charge in [-0.05, 0) is 37.1 Å². The number of benzene rings is 1. The summed E-state index contributed by atoms with van der Waals surface area (Å²) in [6, 6.07) is 6.70. The van der Waals surface area contributed by atoms with E-state index in [1.54, 1.807) is 0 Å². The molecule has 1 nitrogen and oxygen atoms in total. The van der Waals surface area contributed by atoms with Crippen LogP contribution in [0.15, 0.2) is 18.2 Å². The van der Waals surface area contributed by atoms with Crippen molar-refractivity contribution in [3.05, 3.63) is 34.3 Å². The van der Waals surface area contributed by atoms with Gasteiger partial charge in [0.05, 0.1) is 0 Å². The Morgan fingerprint density at radius 1 is 1.11 bits per heavy atom. The molecule has 2 heteroatoms. The van der Waals surface area contributed by atoms with Crippen LogP contribution in [-0.2, 0) is 0 Å². The van der Waals surface area contributed by atoms with Gasteiger partial charge in [0, 0.05) is 11.1 Å². The van der Waals surface area contributed by atoms with E-state index in [2.05, 4.69) is 38.2 Å². The third-order valence-corrected chi connectivity index (χ3v) is 4.14. The first-order valence-electron chi connectivity index (χ1n) is 7.69. The van der Waals surface area contributed by atoms with Crippen molar-refractivity contribution in [3.63, 3.8) is 0 Å². The number of unbranched alkanes of at least 4 members (excludes halogenated alkanes) is 4. The van der Waals surface area contributed by atoms with Gasteiger partial charge in [0.15, 0.2) is 0 Å². The van der Waals surface area contributed by atoms with Crippen LogP contribution < -0.4 is 5.32 Å². The van der Waals surface area contributed by atoms with Gasteiger partial charge in [-0.1, -0.05) is 69.7 Å². The highest BCUT2D eigenvalue weighted by molar-refractivity contribution is 6.31. The molecule has 0 saturated carbocycles. The lowest BCUT2D eigenvalue weighted by Gasteiger charge is -2.21. The van der Waals surface area contributed by atoms with Crippen molar-refractivity contribution in [2.24, 2.45) is 0 Å². The summed E-state index contributed by atoms with van der Waals surface area (Å²) in [5.41, 5.74) is 2.59. The van der Waals surface area contributed by atoms with Gasteiger partial charge >= 0.3 is 0 Å². The van der Waals surface area contributed by atoms with E-state index in [-0.39, 0.29) is 0 Å². The van der Waals surface area contributed by atoms with E-state index in [0.717, 1.165) is 11.6 Å². The van der Waals surface area contributed by atoms with E-state index in [1.807, 2.05) is 6.07 Å². The zero-order valence-electron chi connectivity index (χ0n) is 12.6. The highest BCUT2D eigenvalue weighted by Gasteiger charge is 2.13. The van der Waals surface area contributed by atoms with Crippen molar-refractivity contribution < 1.29 is 0 Å². The molecule has 1 N–H and O–H groups in total. The molecule has 0 aliphatic rings. The van der Waals surface area contributed by atoms with Gasteiger partial charge in [0.2, 0.25) is 0 Å². The maximum atomic E-state index is 6.23. The molecule has 1 atom stereocenters. The highest BCUT2D eigenvalue weighted by Crippen LogP contribution is 2.27. The molecular formula is C17H28ClN. The van der Waals surface area contributed by atoms with Gasteiger partial charge in [-0.15, -0.1) is 0 Å². The van der Waals surface area contributed by atoms with Crippen LogP contribution >= 0.6 is 11.6 Å². The summed E-state index contributed by atoms with van der Waals surface area (Å²) in [4.78, 5) is 0. The fourth-order valence-corrected chi connectivity index (χ4v) is 2.75. The normalized spacial score (nSPS) is 12.6. The fraction of sp³-hybridized carbons (Fsp3) is 0.647. The Hall–Kier alpha value is -0.530. The van der Waals surface area contributed by atoms with Crippen molar-refractivity contribution in [1.29, 1.82) is 0 Å². The monoisotopic (exact) mass is 281 g/mol. The molecule has 0 aliphatic heterocycles. The summed E-state index contributed by atoms with van der Waals surface area (Å²) in [5.74, 6) is 0. The van der Waals surface area contributed by atoms with Gasteiger partial charge < -0.3 is 5.32 Å². The van der Waals surface area contributed by atoms with Crippen LogP contribution in [0.2, 0.25) is 5.02 Å². The molecule has 1 unspecified atom stereocenters. The average Bonchev–Trinajstić information content (AvgIpc) is 2.41. The molecule has 19 heavy (non-hydrogen) atoms. The molecular weight excluding hydrogens is 254 g/mol. The maximum absolute atomic E-state index is 6.23. The summed E-state index contributed by atoms with van der Waals surface area (Å²) in [6.45, 7) is 7.56. The van der Waals surface area contributed by atoms with Gasteiger partial charge in [-0.3, -0.25) is 0 Å². The summed E-state index contributed by atoms with van der Waals surface area (Å²) in [5, 5.41) is 4.48. The molecule has 0 amide bonds. The van der Waals surface area contributed by atoms with Gasteiger partial charge in [-0.25, -0.2) is 0 Å². The van der Waals surface area contributed by atoms with Crippen molar-refractivity contribution >= 4 is 11.6 Å². The predicted molar refractivity (Wildman–Crippen MR) is 86.0 cm³/mol. The number of hydrogen-bond acceptors (Lipinski definition) is 1. The van der Waals surface area contributed by atoms with Crippen molar-refractivity contribution in [3.8, 4) is 0 Å². The Balaban J connectivity index is 2.58. The molecule has 0 radical (unpaired) electrons. The van der Waals surface area contributed by atoms with Crippen LogP contribution in [-0.4, -0.2) is 6.54 Å². The topological polar surface area (TPSA) is 12.0 Å². The number of nitrogens with one attached hydrogen (secondary N) is 1. The van der Waals surface area contributed by atoms with Crippen LogP contribution in [0, 0.1) is 6.92 Å². The minimum atomic E-state index is 0.449. The number of hydrogen-bond donors (Lipinski definition) is 1. The summed E-state index contributed by atoms with van der Waals surface area (Å²) < 4.78 is 0. The zero-order valence-corrected chi connectivity index (χ0v) is 13.4. The van der Waals surface area contributed by atoms with Gasteiger partial charge in [0.1, 0.15) is 0 Å². The second-order valence-corrected chi connectivity index (χ2v) is 5.67. The largest absolute Gasteiger partial charge is 0.310 e. The molecule has 0 bridgehead atoms. The number of rotatable bonds is 9. The first-order chi connectivity index (χ1) is 9.20. The lowest BCUT2D eigenvalue weighted by Crippen LogP contribution is -2.21. The predicted octanol–water partition coefficient (Wildman–Crippen LogP) is 5.66. The first-order valence-corrected chi connectivity index (χ1v) is 8.06. The molecule has 1 aromatic carbocycles. The van der Waals surface area contributed by atoms with E-state index in [4.69, 9.17) is 11.6 Å². The molecule has 108 valence electrons. The van der Waals surface area contributed by atoms with E-state index < -0.39 is 0 Å². The van der Waals surface area contributed by atoms with E-state index >= 15 is 0 Å². The quantitative estimate of drug-likeness (QED) is 0.576. The third-order valence-electron chi connectivity index (χ3n) is 3.73. The van der Waals surface area contributed by atoms with Gasteiger partial charge in [0.25, 0.3) is 0 Å². The maximum Gasteiger partial charge on any atom is 0.0438 e. The zero-order chi connectivity index (χ0) is 14.1. The Kier molecular flexibility index (Phi) is 8.16. The Morgan fingerprint density at radius 3 is 2.53 bits per heavy atom. The third kappa shape index (κ3) is 5.54. The van der Waals surface area contributed by atoms with Crippen LogP contribution in [0.3, 0.4) is 0 Å². The Bertz CT molecular complexity index is 362. The SMILES string of the molecule is CCCCCCCC(NCC)c1cccc(Cl)c1C. The summed E-state index contributed by atoms with van der Waals surface area (Å²) >= 11 is 6.23. The fourth-order valence-electron chi connectivity index (χ4n) is 2.57. The molecule has 0 aromatic heterocycles. The molecule has 1 aromatic rings. The lowest BCUT2D eigenvalue weighted by atomic mass is 9.96. The highest BCUT2D eigenvalue weighted by atomic mass is 35.5. The molecule has 0 heterocycles. The second kappa shape index (κ2) is 9.39. The first kappa shape index (κ1) is 16.5. The van der Waals surface area contributed by atoms with Crippen LogP contribution in [0.1, 0.15) is 69.5 Å². The smallest absolute Gasteiger partial charge is 0.0438 e. The van der Waals surface area contributed by atoms with E-state index in [0.29, 0.717) is 6.04 Å². The van der Waals surface area contributed by atoms with Crippen molar-refractivity contribution in [1.82, 2.24) is 5.32 Å². The van der Waals surface area contributed by atoms with Crippen LogP contribution in [0.5, 0.6) is 0 Å². The molecule has 0 spiro atoms. The minimum absolute atomic E-state index is 0.449. The number of halogens is 1. The molecule has 0 saturated heterocycles. The van der Waals surface area contributed by atoms with Crippen molar-refractivity contribution in [2.75, 3.05) is 6.54 Å². The Labute approximate surface area is 123 Å². The van der Waals surface area contributed by atoms with E-state index in [1.165, 1.54) is 49.7 Å². The van der Waals surface area contributed by atoms with Crippen molar-refractivity contribution in [2.45, 2.75) is 65.3 Å².